The third kappa shape index (κ3) is 4.44. The van der Waals surface area contributed by atoms with E-state index in [1.54, 1.807) is 0 Å². The number of nitrogens with zero attached hydrogens (tertiary/aromatic N) is 1. The average Bonchev–Trinajstić information content (AvgIpc) is 2.27. The van der Waals surface area contributed by atoms with E-state index < -0.39 is 23.8 Å². The molecule has 1 aliphatic heterocycles. The van der Waals surface area contributed by atoms with Gasteiger partial charge in [-0.25, -0.2) is 4.79 Å². The summed E-state index contributed by atoms with van der Waals surface area (Å²) in [4.78, 5) is 13.5. The Morgan fingerprint density at radius 2 is 2.22 bits per heavy atom. The lowest BCUT2D eigenvalue weighted by molar-refractivity contribution is -0.0801. The zero-order chi connectivity index (χ0) is 13.8. The van der Waals surface area contributed by atoms with Gasteiger partial charge in [-0.1, -0.05) is 0 Å². The van der Waals surface area contributed by atoms with E-state index in [-0.39, 0.29) is 6.61 Å². The number of amides is 1. The van der Waals surface area contributed by atoms with E-state index in [0.29, 0.717) is 19.8 Å². The Bertz CT molecular complexity index is 276. The molecule has 1 saturated heterocycles. The molecule has 0 saturated carbocycles. The van der Waals surface area contributed by atoms with Crippen molar-refractivity contribution in [2.45, 2.75) is 38.5 Å². The summed E-state index contributed by atoms with van der Waals surface area (Å²) in [5, 5.41) is 9.94. The quantitative estimate of drug-likeness (QED) is 0.807. The maximum absolute atomic E-state index is 12.0. The molecule has 0 bridgehead atoms. The van der Waals surface area contributed by atoms with Crippen LogP contribution < -0.4 is 0 Å². The minimum atomic E-state index is -0.775. The summed E-state index contributed by atoms with van der Waals surface area (Å²) in [5.74, 6) is 0. The second-order valence-corrected chi connectivity index (χ2v) is 5.34. The number of carbonyl (C=O) groups excluding carboxylic acids is 1. The first kappa shape index (κ1) is 15.2. The zero-order valence-electron chi connectivity index (χ0n) is 11.5. The number of hydrogen-bond acceptors (Lipinski definition) is 5. The molecule has 6 heteroatoms. The Kier molecular flexibility index (Phi) is 5.37. The van der Waals surface area contributed by atoms with Gasteiger partial charge in [-0.3, -0.25) is 4.90 Å². The van der Waals surface area contributed by atoms with Crippen molar-refractivity contribution in [3.63, 3.8) is 0 Å². The van der Waals surface area contributed by atoms with Gasteiger partial charge < -0.3 is 19.3 Å². The van der Waals surface area contributed by atoms with Crippen molar-refractivity contribution in [3.05, 3.63) is 0 Å². The fourth-order valence-corrected chi connectivity index (χ4v) is 1.77. The molecule has 6 nitrogen and oxygen atoms in total. The third-order valence-electron chi connectivity index (χ3n) is 2.58. The average molecular weight is 261 g/mol. The van der Waals surface area contributed by atoms with Gasteiger partial charge in [0.1, 0.15) is 11.7 Å². The second kappa shape index (κ2) is 6.36. The number of aliphatic hydroxyl groups is 1. The van der Waals surface area contributed by atoms with E-state index in [0.717, 1.165) is 0 Å². The number of aliphatic hydroxyl groups excluding tert-OH is 1. The van der Waals surface area contributed by atoms with Crippen molar-refractivity contribution in [2.24, 2.45) is 0 Å². The molecule has 0 spiro atoms. The van der Waals surface area contributed by atoms with E-state index in [9.17, 15) is 9.90 Å². The zero-order valence-corrected chi connectivity index (χ0v) is 11.5. The third-order valence-corrected chi connectivity index (χ3v) is 2.58. The summed E-state index contributed by atoms with van der Waals surface area (Å²) < 4.78 is 15.5. The molecule has 2 atom stereocenters. The summed E-state index contributed by atoms with van der Waals surface area (Å²) in [7, 11) is 1.50. The summed E-state index contributed by atoms with van der Waals surface area (Å²) in [6.45, 7) is 6.76. The molecule has 1 aliphatic rings. The highest BCUT2D eigenvalue weighted by atomic mass is 16.6. The van der Waals surface area contributed by atoms with Crippen molar-refractivity contribution in [3.8, 4) is 0 Å². The lowest BCUT2D eigenvalue weighted by atomic mass is 10.1. The molecule has 18 heavy (non-hydrogen) atoms. The highest BCUT2D eigenvalue weighted by Crippen LogP contribution is 2.16. The standard InChI is InChI=1S/C12H23NO5/c1-12(2,3)18-11(15)13-5-6-17-7-9(13)10(14)8-16-4/h9-10,14H,5-8H2,1-4H3. The fourth-order valence-electron chi connectivity index (χ4n) is 1.77. The number of rotatable bonds is 3. The van der Waals surface area contributed by atoms with Gasteiger partial charge in [0.05, 0.1) is 25.9 Å². The van der Waals surface area contributed by atoms with Crippen LogP contribution in [0.3, 0.4) is 0 Å². The summed E-state index contributed by atoms with van der Waals surface area (Å²) in [6.07, 6.45) is -1.20. The largest absolute Gasteiger partial charge is 0.444 e. The maximum atomic E-state index is 12.0. The second-order valence-electron chi connectivity index (χ2n) is 5.34. The molecule has 1 heterocycles. The Morgan fingerprint density at radius 1 is 1.56 bits per heavy atom. The SMILES string of the molecule is COCC(O)C1COCCN1C(=O)OC(C)(C)C. The molecule has 1 amide bonds. The highest BCUT2D eigenvalue weighted by molar-refractivity contribution is 5.68. The first-order chi connectivity index (χ1) is 8.35. The molecule has 106 valence electrons. The van der Waals surface area contributed by atoms with Crippen LogP contribution in [0.2, 0.25) is 0 Å². The molecule has 1 rings (SSSR count). The van der Waals surface area contributed by atoms with Crippen molar-refractivity contribution in [1.29, 1.82) is 0 Å². The molecule has 0 radical (unpaired) electrons. The molecule has 1 fully saturated rings. The molecule has 2 unspecified atom stereocenters. The molecule has 1 N–H and O–H groups in total. The van der Waals surface area contributed by atoms with Crippen molar-refractivity contribution in [2.75, 3.05) is 33.5 Å². The Hall–Kier alpha value is -0.850. The maximum Gasteiger partial charge on any atom is 0.410 e. The molecular weight excluding hydrogens is 238 g/mol. The van der Waals surface area contributed by atoms with Crippen LogP contribution in [-0.4, -0.2) is 67.3 Å². The lowest BCUT2D eigenvalue weighted by Crippen LogP contribution is -2.56. The topological polar surface area (TPSA) is 68.2 Å². The van der Waals surface area contributed by atoms with Crippen molar-refractivity contribution in [1.82, 2.24) is 4.90 Å². The lowest BCUT2D eigenvalue weighted by Gasteiger charge is -2.38. The smallest absolute Gasteiger partial charge is 0.410 e. The van der Waals surface area contributed by atoms with E-state index >= 15 is 0 Å². The van der Waals surface area contributed by atoms with Crippen LogP contribution in [0.5, 0.6) is 0 Å². The molecule has 0 aromatic carbocycles. The predicted molar refractivity (Wildman–Crippen MR) is 65.4 cm³/mol. The Labute approximate surface area is 108 Å². The highest BCUT2D eigenvalue weighted by Gasteiger charge is 2.35. The first-order valence-corrected chi connectivity index (χ1v) is 6.09. The predicted octanol–water partition coefficient (Wildman–Crippen LogP) is 0.630. The number of ether oxygens (including phenoxy) is 3. The number of methoxy groups -OCH3 is 1. The van der Waals surface area contributed by atoms with Crippen molar-refractivity contribution < 1.29 is 24.1 Å². The van der Waals surface area contributed by atoms with Crippen LogP contribution in [0, 0.1) is 0 Å². The van der Waals surface area contributed by atoms with Gasteiger partial charge >= 0.3 is 6.09 Å². The van der Waals surface area contributed by atoms with E-state index in [1.165, 1.54) is 12.0 Å². The minimum absolute atomic E-state index is 0.160. The van der Waals surface area contributed by atoms with E-state index in [2.05, 4.69) is 0 Å². The van der Waals surface area contributed by atoms with Crippen LogP contribution in [-0.2, 0) is 14.2 Å². The van der Waals surface area contributed by atoms with Gasteiger partial charge in [-0.15, -0.1) is 0 Å². The van der Waals surface area contributed by atoms with Gasteiger partial charge in [0.15, 0.2) is 0 Å². The van der Waals surface area contributed by atoms with E-state index in [1.807, 2.05) is 20.8 Å². The fraction of sp³-hybridized carbons (Fsp3) is 0.917. The normalized spacial score (nSPS) is 22.7. The van der Waals surface area contributed by atoms with Gasteiger partial charge in [0, 0.05) is 13.7 Å². The summed E-state index contributed by atoms with van der Waals surface area (Å²) in [6, 6.07) is -0.423. The summed E-state index contributed by atoms with van der Waals surface area (Å²) in [5.41, 5.74) is -0.549. The molecule has 0 aromatic rings. The Balaban J connectivity index is 2.67. The van der Waals surface area contributed by atoms with Crippen LogP contribution in [0.1, 0.15) is 20.8 Å². The number of morpholine rings is 1. The summed E-state index contributed by atoms with van der Waals surface area (Å²) >= 11 is 0. The molecular formula is C12H23NO5. The van der Waals surface area contributed by atoms with Crippen LogP contribution in [0.15, 0.2) is 0 Å². The number of carbonyl (C=O) groups is 1. The van der Waals surface area contributed by atoms with Gasteiger partial charge in [-0.05, 0) is 20.8 Å². The van der Waals surface area contributed by atoms with Crippen molar-refractivity contribution >= 4 is 6.09 Å². The van der Waals surface area contributed by atoms with Gasteiger partial charge in [0.2, 0.25) is 0 Å². The van der Waals surface area contributed by atoms with Gasteiger partial charge in [-0.2, -0.15) is 0 Å². The first-order valence-electron chi connectivity index (χ1n) is 6.09. The van der Waals surface area contributed by atoms with Crippen LogP contribution >= 0.6 is 0 Å². The minimum Gasteiger partial charge on any atom is -0.444 e. The van der Waals surface area contributed by atoms with Crippen LogP contribution in [0.25, 0.3) is 0 Å². The number of hydrogen-bond donors (Lipinski definition) is 1. The van der Waals surface area contributed by atoms with Gasteiger partial charge in [0.25, 0.3) is 0 Å². The Morgan fingerprint density at radius 3 is 2.78 bits per heavy atom. The molecule has 0 aliphatic carbocycles. The molecule has 0 aromatic heterocycles. The van der Waals surface area contributed by atoms with Crippen LogP contribution in [0.4, 0.5) is 4.79 Å². The van der Waals surface area contributed by atoms with E-state index in [4.69, 9.17) is 14.2 Å². The monoisotopic (exact) mass is 261 g/mol.